The van der Waals surface area contributed by atoms with Crippen LogP contribution in [0.4, 0.5) is 5.82 Å². The van der Waals surface area contributed by atoms with Crippen molar-refractivity contribution < 1.29 is 9.53 Å². The fourth-order valence-corrected chi connectivity index (χ4v) is 3.32. The van der Waals surface area contributed by atoms with Crippen LogP contribution in [0.15, 0.2) is 54.4 Å². The van der Waals surface area contributed by atoms with Gasteiger partial charge in [-0.25, -0.2) is 9.97 Å². The molecule has 1 fully saturated rings. The molecule has 0 saturated carbocycles. The number of amides is 1. The average Bonchev–Trinajstić information content (AvgIpc) is 2.75. The van der Waals surface area contributed by atoms with Gasteiger partial charge in [0.1, 0.15) is 5.82 Å². The van der Waals surface area contributed by atoms with Crippen molar-refractivity contribution in [3.63, 3.8) is 0 Å². The predicted molar refractivity (Wildman–Crippen MR) is 99.5 cm³/mol. The third kappa shape index (κ3) is 3.54. The fourth-order valence-electron chi connectivity index (χ4n) is 3.32. The molecule has 1 amide bonds. The van der Waals surface area contributed by atoms with Gasteiger partial charge in [-0.2, -0.15) is 0 Å². The summed E-state index contributed by atoms with van der Waals surface area (Å²) in [6.45, 7) is 3.64. The normalized spacial score (nSPS) is 17.5. The van der Waals surface area contributed by atoms with E-state index in [0.717, 1.165) is 48.7 Å². The molecule has 6 nitrogen and oxygen atoms in total. The number of hydrogen-bond acceptors (Lipinski definition) is 5. The van der Waals surface area contributed by atoms with Crippen LogP contribution < -0.4 is 4.90 Å². The van der Waals surface area contributed by atoms with E-state index in [-0.39, 0.29) is 5.91 Å². The Morgan fingerprint density at radius 1 is 1.04 bits per heavy atom. The third-order valence-corrected chi connectivity index (χ3v) is 4.77. The molecule has 4 rings (SSSR count). The van der Waals surface area contributed by atoms with Crippen LogP contribution in [0.3, 0.4) is 0 Å². The first-order valence-electron chi connectivity index (χ1n) is 9.04. The Balaban J connectivity index is 1.42. The summed E-state index contributed by atoms with van der Waals surface area (Å²) in [7, 11) is 0. The van der Waals surface area contributed by atoms with Crippen molar-refractivity contribution in [1.29, 1.82) is 0 Å². The molecule has 134 valence electrons. The molecular formula is C20H22N4O2. The Labute approximate surface area is 153 Å². The van der Waals surface area contributed by atoms with E-state index < -0.39 is 0 Å². The maximum absolute atomic E-state index is 12.6. The molecule has 1 aromatic carbocycles. The summed E-state index contributed by atoms with van der Waals surface area (Å²) in [5.41, 5.74) is 1.80. The van der Waals surface area contributed by atoms with Crippen molar-refractivity contribution in [3.05, 3.63) is 54.4 Å². The molecule has 3 heterocycles. The van der Waals surface area contributed by atoms with Crippen LogP contribution in [0.5, 0.6) is 0 Å². The topological polar surface area (TPSA) is 58.6 Å². The van der Waals surface area contributed by atoms with Gasteiger partial charge in [0, 0.05) is 37.9 Å². The Hall–Kier alpha value is -2.89. The second-order valence-electron chi connectivity index (χ2n) is 6.50. The van der Waals surface area contributed by atoms with Crippen LogP contribution in [0, 0.1) is 0 Å². The first-order valence-corrected chi connectivity index (χ1v) is 9.04. The number of aromatic nitrogens is 2. The largest absolute Gasteiger partial charge is 0.501 e. The maximum atomic E-state index is 12.6. The lowest BCUT2D eigenvalue weighted by atomic mass is 10.1. The Kier molecular flexibility index (Phi) is 4.82. The fraction of sp³-hybridized carbons (Fsp3) is 0.350. The van der Waals surface area contributed by atoms with Crippen LogP contribution in [-0.2, 0) is 9.53 Å². The van der Waals surface area contributed by atoms with Crippen LogP contribution in [0.2, 0.25) is 0 Å². The van der Waals surface area contributed by atoms with Gasteiger partial charge in [0.25, 0.3) is 5.91 Å². The van der Waals surface area contributed by atoms with E-state index in [1.807, 2.05) is 41.3 Å². The minimum Gasteiger partial charge on any atom is -0.501 e. The van der Waals surface area contributed by atoms with E-state index in [9.17, 15) is 4.79 Å². The van der Waals surface area contributed by atoms with Gasteiger partial charge < -0.3 is 14.5 Å². The van der Waals surface area contributed by atoms with E-state index in [0.29, 0.717) is 19.7 Å². The number of ether oxygens (including phenoxy) is 1. The van der Waals surface area contributed by atoms with Crippen LogP contribution in [-0.4, -0.2) is 53.6 Å². The molecule has 0 radical (unpaired) electrons. The number of piperazine rings is 1. The number of anilines is 1. The molecule has 0 unspecified atom stereocenters. The predicted octanol–water partition coefficient (Wildman–Crippen LogP) is 2.49. The number of rotatable bonds is 3. The molecule has 2 aliphatic rings. The minimum atomic E-state index is 0.108. The lowest BCUT2D eigenvalue weighted by molar-refractivity contribution is -0.128. The second kappa shape index (κ2) is 7.56. The number of hydrogen-bond donors (Lipinski definition) is 0. The highest BCUT2D eigenvalue weighted by atomic mass is 16.5. The van der Waals surface area contributed by atoms with Crippen molar-refractivity contribution >= 4 is 11.7 Å². The SMILES string of the molecule is O=C(C1=COCCC1)N1CCN(c2ccnc(-c3ccccc3)n2)CC1. The molecule has 2 aromatic rings. The van der Waals surface area contributed by atoms with E-state index in [2.05, 4.69) is 9.88 Å². The van der Waals surface area contributed by atoms with Gasteiger partial charge in [-0.1, -0.05) is 30.3 Å². The van der Waals surface area contributed by atoms with E-state index in [4.69, 9.17) is 9.72 Å². The third-order valence-electron chi connectivity index (χ3n) is 4.77. The zero-order chi connectivity index (χ0) is 17.8. The van der Waals surface area contributed by atoms with Crippen LogP contribution in [0.1, 0.15) is 12.8 Å². The van der Waals surface area contributed by atoms with Crippen molar-refractivity contribution in [2.45, 2.75) is 12.8 Å². The Morgan fingerprint density at radius 2 is 1.85 bits per heavy atom. The van der Waals surface area contributed by atoms with Gasteiger partial charge >= 0.3 is 0 Å². The molecular weight excluding hydrogens is 328 g/mol. The molecule has 6 heteroatoms. The number of nitrogens with zero attached hydrogens (tertiary/aromatic N) is 4. The van der Waals surface area contributed by atoms with E-state index in [1.54, 1.807) is 12.5 Å². The number of carbonyl (C=O) groups is 1. The average molecular weight is 350 g/mol. The highest BCUT2D eigenvalue weighted by Crippen LogP contribution is 2.20. The summed E-state index contributed by atoms with van der Waals surface area (Å²) in [5, 5.41) is 0. The standard InChI is InChI=1S/C20H22N4O2/c25-20(17-7-4-14-26-15-17)24-12-10-23(11-13-24)18-8-9-21-19(22-18)16-5-2-1-3-6-16/h1-3,5-6,8-9,15H,4,7,10-14H2. The number of carbonyl (C=O) groups excluding carboxylic acids is 1. The zero-order valence-electron chi connectivity index (χ0n) is 14.7. The summed E-state index contributed by atoms with van der Waals surface area (Å²) in [5.74, 6) is 1.74. The van der Waals surface area contributed by atoms with Crippen LogP contribution in [0.25, 0.3) is 11.4 Å². The monoisotopic (exact) mass is 350 g/mol. The summed E-state index contributed by atoms with van der Waals surface area (Å²) < 4.78 is 5.30. The van der Waals surface area contributed by atoms with Crippen molar-refractivity contribution in [2.75, 3.05) is 37.7 Å². The summed E-state index contributed by atoms with van der Waals surface area (Å²) >= 11 is 0. The highest BCUT2D eigenvalue weighted by molar-refractivity contribution is 5.93. The molecule has 0 spiro atoms. The Bertz CT molecular complexity index is 798. The quantitative estimate of drug-likeness (QED) is 0.851. The van der Waals surface area contributed by atoms with E-state index >= 15 is 0 Å². The molecule has 0 N–H and O–H groups in total. The Morgan fingerprint density at radius 3 is 2.58 bits per heavy atom. The minimum absolute atomic E-state index is 0.108. The number of benzene rings is 1. The molecule has 2 aliphatic heterocycles. The lowest BCUT2D eigenvalue weighted by Crippen LogP contribution is -2.49. The van der Waals surface area contributed by atoms with E-state index in [1.165, 1.54) is 0 Å². The summed E-state index contributed by atoms with van der Waals surface area (Å²) in [6, 6.07) is 11.9. The highest BCUT2D eigenvalue weighted by Gasteiger charge is 2.25. The van der Waals surface area contributed by atoms with Crippen molar-refractivity contribution in [2.24, 2.45) is 0 Å². The smallest absolute Gasteiger partial charge is 0.252 e. The molecule has 1 saturated heterocycles. The van der Waals surface area contributed by atoms with Gasteiger partial charge in [-0.3, -0.25) is 4.79 Å². The maximum Gasteiger partial charge on any atom is 0.252 e. The first-order chi connectivity index (χ1) is 12.8. The van der Waals surface area contributed by atoms with Gasteiger partial charge in [0.2, 0.25) is 0 Å². The summed E-state index contributed by atoms with van der Waals surface area (Å²) in [4.78, 5) is 25.8. The van der Waals surface area contributed by atoms with Crippen molar-refractivity contribution in [3.8, 4) is 11.4 Å². The van der Waals surface area contributed by atoms with Gasteiger partial charge in [-0.05, 0) is 18.9 Å². The van der Waals surface area contributed by atoms with Gasteiger partial charge in [-0.15, -0.1) is 0 Å². The lowest BCUT2D eigenvalue weighted by Gasteiger charge is -2.36. The van der Waals surface area contributed by atoms with Gasteiger partial charge in [0.05, 0.1) is 18.4 Å². The molecule has 1 aromatic heterocycles. The van der Waals surface area contributed by atoms with Crippen LogP contribution >= 0.6 is 0 Å². The molecule has 26 heavy (non-hydrogen) atoms. The molecule has 0 atom stereocenters. The second-order valence-corrected chi connectivity index (χ2v) is 6.50. The molecule has 0 bridgehead atoms. The van der Waals surface area contributed by atoms with Crippen molar-refractivity contribution in [1.82, 2.24) is 14.9 Å². The summed E-state index contributed by atoms with van der Waals surface area (Å²) in [6.07, 6.45) is 5.16. The first kappa shape index (κ1) is 16.6. The molecule has 0 aliphatic carbocycles. The van der Waals surface area contributed by atoms with Gasteiger partial charge in [0.15, 0.2) is 5.82 Å². The zero-order valence-corrected chi connectivity index (χ0v) is 14.7.